The van der Waals surface area contributed by atoms with Crippen molar-refractivity contribution in [3.63, 3.8) is 0 Å². The van der Waals surface area contributed by atoms with Gasteiger partial charge in [0.2, 0.25) is 0 Å². The van der Waals surface area contributed by atoms with E-state index in [0.717, 1.165) is 19.1 Å². The van der Waals surface area contributed by atoms with Crippen LogP contribution in [0.15, 0.2) is 30.3 Å². The van der Waals surface area contributed by atoms with E-state index in [9.17, 15) is 0 Å². The Bertz CT molecular complexity index is 349. The van der Waals surface area contributed by atoms with E-state index in [1.807, 2.05) is 0 Å². The molecule has 1 N–H and O–H groups in total. The number of thioether (sulfide) groups is 1. The van der Waals surface area contributed by atoms with E-state index < -0.39 is 0 Å². The summed E-state index contributed by atoms with van der Waals surface area (Å²) in [6, 6.07) is 12.0. The summed E-state index contributed by atoms with van der Waals surface area (Å²) in [5.41, 5.74) is 1.39. The van der Waals surface area contributed by atoms with Crippen molar-refractivity contribution in [2.24, 2.45) is 0 Å². The molecule has 0 aromatic heterocycles. The van der Waals surface area contributed by atoms with Crippen LogP contribution in [-0.2, 0) is 6.54 Å². The van der Waals surface area contributed by atoms with Gasteiger partial charge in [0.05, 0.1) is 0 Å². The molecule has 0 aliphatic carbocycles. The molecule has 1 saturated heterocycles. The molecule has 1 aromatic rings. The van der Waals surface area contributed by atoms with Crippen molar-refractivity contribution >= 4 is 11.8 Å². The largest absolute Gasteiger partial charge is 0.310 e. The fraction of sp³-hybridized carbons (Fsp3) is 0.625. The van der Waals surface area contributed by atoms with Gasteiger partial charge in [-0.2, -0.15) is 11.8 Å². The Morgan fingerprint density at radius 2 is 1.95 bits per heavy atom. The van der Waals surface area contributed by atoms with Crippen molar-refractivity contribution < 1.29 is 0 Å². The monoisotopic (exact) mass is 278 g/mol. The molecule has 106 valence electrons. The maximum Gasteiger partial charge on any atom is 0.0231 e. The number of hydrogen-bond acceptors (Lipinski definition) is 3. The molecule has 1 aliphatic heterocycles. The molecule has 0 unspecified atom stereocenters. The molecule has 2 nitrogen and oxygen atoms in total. The second kappa shape index (κ2) is 7.93. The smallest absolute Gasteiger partial charge is 0.0231 e. The summed E-state index contributed by atoms with van der Waals surface area (Å²) in [5.74, 6) is 2.65. The highest BCUT2D eigenvalue weighted by molar-refractivity contribution is 7.99. The summed E-state index contributed by atoms with van der Waals surface area (Å²) in [7, 11) is 2.21. The Labute approximate surface area is 122 Å². The van der Waals surface area contributed by atoms with Crippen molar-refractivity contribution in [3.05, 3.63) is 35.9 Å². The van der Waals surface area contributed by atoms with Gasteiger partial charge < -0.3 is 10.2 Å². The normalized spacial score (nSPS) is 18.7. The predicted octanol–water partition coefficient (Wildman–Crippen LogP) is 2.99. The first-order chi connectivity index (χ1) is 9.24. The highest BCUT2D eigenvalue weighted by Gasteiger charge is 2.16. The van der Waals surface area contributed by atoms with E-state index in [1.165, 1.54) is 29.9 Å². The first-order valence-electron chi connectivity index (χ1n) is 7.30. The van der Waals surface area contributed by atoms with E-state index >= 15 is 0 Å². The van der Waals surface area contributed by atoms with Crippen LogP contribution in [0.5, 0.6) is 0 Å². The molecule has 0 radical (unpaired) electrons. The second-order valence-corrected chi connectivity index (χ2v) is 6.86. The lowest BCUT2D eigenvalue weighted by molar-refractivity contribution is 0.274. The zero-order valence-corrected chi connectivity index (χ0v) is 13.0. The Morgan fingerprint density at radius 1 is 1.26 bits per heavy atom. The van der Waals surface area contributed by atoms with Gasteiger partial charge in [0.15, 0.2) is 0 Å². The molecular formula is C16H26N2S. The first kappa shape index (κ1) is 14.9. The molecule has 0 spiro atoms. The molecule has 1 atom stereocenters. The number of benzene rings is 1. The lowest BCUT2D eigenvalue weighted by atomic mass is 10.1. The van der Waals surface area contributed by atoms with Crippen LogP contribution in [0.25, 0.3) is 0 Å². The third-order valence-electron chi connectivity index (χ3n) is 3.62. The summed E-state index contributed by atoms with van der Waals surface area (Å²) in [5, 5.41) is 3.78. The maximum atomic E-state index is 3.78. The van der Waals surface area contributed by atoms with Crippen molar-refractivity contribution in [2.75, 3.05) is 25.1 Å². The number of hydrogen-bond donors (Lipinski definition) is 1. The standard InChI is InChI=1S/C16H26N2S/c1-14(17-16-8-10-19-11-9-16)12-18(2)13-15-6-4-3-5-7-15/h3-7,14,16-17H,8-13H2,1-2H3/t14-/m1/s1. The van der Waals surface area contributed by atoms with Gasteiger partial charge in [0.1, 0.15) is 0 Å². The minimum absolute atomic E-state index is 0.571. The Kier molecular flexibility index (Phi) is 6.21. The fourth-order valence-corrected chi connectivity index (χ4v) is 3.85. The average molecular weight is 278 g/mol. The number of nitrogens with zero attached hydrogens (tertiary/aromatic N) is 1. The van der Waals surface area contributed by atoms with E-state index in [4.69, 9.17) is 0 Å². The van der Waals surface area contributed by atoms with Crippen LogP contribution in [0.3, 0.4) is 0 Å². The lowest BCUT2D eigenvalue weighted by Crippen LogP contribution is -2.44. The third kappa shape index (κ3) is 5.55. The molecule has 1 fully saturated rings. The van der Waals surface area contributed by atoms with Gasteiger partial charge in [-0.05, 0) is 43.9 Å². The lowest BCUT2D eigenvalue weighted by Gasteiger charge is -2.29. The first-order valence-corrected chi connectivity index (χ1v) is 8.46. The molecule has 0 amide bonds. The van der Waals surface area contributed by atoms with Crippen LogP contribution in [0.4, 0.5) is 0 Å². The molecule has 2 rings (SSSR count). The minimum atomic E-state index is 0.571. The summed E-state index contributed by atoms with van der Waals surface area (Å²) < 4.78 is 0. The van der Waals surface area contributed by atoms with Crippen molar-refractivity contribution in [3.8, 4) is 0 Å². The van der Waals surface area contributed by atoms with Gasteiger partial charge in [-0.15, -0.1) is 0 Å². The van der Waals surface area contributed by atoms with Crippen molar-refractivity contribution in [2.45, 2.75) is 38.4 Å². The summed E-state index contributed by atoms with van der Waals surface area (Å²) in [6.45, 7) is 4.45. The van der Waals surface area contributed by atoms with Crippen LogP contribution in [-0.4, -0.2) is 42.1 Å². The highest BCUT2D eigenvalue weighted by atomic mass is 32.2. The van der Waals surface area contributed by atoms with Crippen LogP contribution in [0.1, 0.15) is 25.3 Å². The van der Waals surface area contributed by atoms with Gasteiger partial charge in [-0.25, -0.2) is 0 Å². The summed E-state index contributed by atoms with van der Waals surface area (Å²) in [4.78, 5) is 2.41. The SMILES string of the molecule is C[C@H](CN(C)Cc1ccccc1)NC1CCSCC1. The zero-order valence-electron chi connectivity index (χ0n) is 12.1. The van der Waals surface area contributed by atoms with Crippen LogP contribution in [0.2, 0.25) is 0 Å². The van der Waals surface area contributed by atoms with Gasteiger partial charge >= 0.3 is 0 Å². The minimum Gasteiger partial charge on any atom is -0.310 e. The number of nitrogens with one attached hydrogen (secondary N) is 1. The molecule has 19 heavy (non-hydrogen) atoms. The Hall–Kier alpha value is -0.510. The topological polar surface area (TPSA) is 15.3 Å². The van der Waals surface area contributed by atoms with Gasteiger partial charge in [0.25, 0.3) is 0 Å². The number of rotatable bonds is 6. The molecule has 0 bridgehead atoms. The molecule has 3 heteroatoms. The van der Waals surface area contributed by atoms with Crippen LogP contribution < -0.4 is 5.32 Å². The van der Waals surface area contributed by atoms with E-state index in [0.29, 0.717) is 6.04 Å². The summed E-state index contributed by atoms with van der Waals surface area (Å²) >= 11 is 2.09. The highest BCUT2D eigenvalue weighted by Crippen LogP contribution is 2.17. The van der Waals surface area contributed by atoms with E-state index in [2.05, 4.69) is 66.3 Å². The van der Waals surface area contributed by atoms with E-state index in [-0.39, 0.29) is 0 Å². The van der Waals surface area contributed by atoms with Gasteiger partial charge in [-0.3, -0.25) is 0 Å². The molecule has 1 aliphatic rings. The third-order valence-corrected chi connectivity index (χ3v) is 4.67. The maximum absolute atomic E-state index is 3.78. The second-order valence-electron chi connectivity index (χ2n) is 5.64. The van der Waals surface area contributed by atoms with Gasteiger partial charge in [-0.1, -0.05) is 30.3 Å². The Morgan fingerprint density at radius 3 is 2.63 bits per heavy atom. The molecular weight excluding hydrogens is 252 g/mol. The van der Waals surface area contributed by atoms with Gasteiger partial charge in [0, 0.05) is 25.2 Å². The quantitative estimate of drug-likeness (QED) is 0.861. The van der Waals surface area contributed by atoms with Crippen molar-refractivity contribution in [1.82, 2.24) is 10.2 Å². The molecule has 0 saturated carbocycles. The average Bonchev–Trinajstić information content (AvgIpc) is 2.40. The molecule has 1 aromatic carbocycles. The Balaban J connectivity index is 1.70. The van der Waals surface area contributed by atoms with Crippen molar-refractivity contribution in [1.29, 1.82) is 0 Å². The summed E-state index contributed by atoms with van der Waals surface area (Å²) in [6.07, 6.45) is 2.66. The predicted molar refractivity (Wildman–Crippen MR) is 85.7 cm³/mol. The van der Waals surface area contributed by atoms with Crippen LogP contribution in [0, 0.1) is 0 Å². The van der Waals surface area contributed by atoms with Crippen LogP contribution >= 0.6 is 11.8 Å². The molecule has 1 heterocycles. The van der Waals surface area contributed by atoms with E-state index in [1.54, 1.807) is 0 Å². The number of likely N-dealkylation sites (N-methyl/N-ethyl adjacent to an activating group) is 1. The zero-order chi connectivity index (χ0) is 13.5. The fourth-order valence-electron chi connectivity index (χ4n) is 2.75.